The number of nitrogens with one attached hydrogen (secondary N) is 2. The first-order valence-corrected chi connectivity index (χ1v) is 10.6. The predicted molar refractivity (Wildman–Crippen MR) is 101 cm³/mol. The minimum Gasteiger partial charge on any atom is -0.475 e. The highest BCUT2D eigenvalue weighted by molar-refractivity contribution is 5.79. The molecule has 9 heteroatoms. The van der Waals surface area contributed by atoms with Crippen LogP contribution >= 0.6 is 0 Å². The van der Waals surface area contributed by atoms with Crippen LogP contribution in [-0.4, -0.2) is 65.8 Å². The summed E-state index contributed by atoms with van der Waals surface area (Å²) in [6.45, 7) is 6.91. The highest BCUT2D eigenvalue weighted by Crippen LogP contribution is 2.48. The monoisotopic (exact) mass is 419 g/mol. The Morgan fingerprint density at radius 1 is 1.14 bits per heavy atom. The van der Waals surface area contributed by atoms with Gasteiger partial charge in [-0.15, -0.1) is 0 Å². The fourth-order valence-electron chi connectivity index (χ4n) is 5.10. The smallest absolute Gasteiger partial charge is 0.475 e. The lowest BCUT2D eigenvalue weighted by molar-refractivity contribution is -0.192. The molecule has 29 heavy (non-hydrogen) atoms. The second kappa shape index (κ2) is 8.41. The summed E-state index contributed by atoms with van der Waals surface area (Å²) in [5.74, 6) is -2.17. The minimum absolute atomic E-state index is 0.115. The van der Waals surface area contributed by atoms with Gasteiger partial charge in [0.2, 0.25) is 5.91 Å². The minimum atomic E-state index is -5.08. The van der Waals surface area contributed by atoms with E-state index in [0.29, 0.717) is 11.3 Å². The molecule has 1 spiro atoms. The fraction of sp³-hybridized carbons (Fsp3) is 0.900. The molecule has 4 fully saturated rings. The van der Waals surface area contributed by atoms with Crippen LogP contribution in [0, 0.1) is 11.3 Å². The number of carboxylic acids is 1. The zero-order valence-electron chi connectivity index (χ0n) is 17.0. The molecule has 0 aromatic carbocycles. The maximum atomic E-state index is 12.4. The van der Waals surface area contributed by atoms with Crippen LogP contribution in [0.3, 0.4) is 0 Å². The summed E-state index contributed by atoms with van der Waals surface area (Å²) < 4.78 is 31.7. The third-order valence-corrected chi connectivity index (χ3v) is 7.21. The number of rotatable bonds is 3. The molecule has 166 valence electrons. The van der Waals surface area contributed by atoms with Crippen LogP contribution in [-0.2, 0) is 9.59 Å². The topological polar surface area (TPSA) is 81.7 Å². The number of aliphatic carboxylic acids is 1. The number of amides is 1. The van der Waals surface area contributed by atoms with Gasteiger partial charge in [0.05, 0.1) is 0 Å². The molecule has 0 radical (unpaired) electrons. The predicted octanol–water partition coefficient (Wildman–Crippen LogP) is 2.53. The molecule has 4 aliphatic rings. The van der Waals surface area contributed by atoms with Crippen LogP contribution in [0.25, 0.3) is 0 Å². The molecule has 2 saturated carbocycles. The van der Waals surface area contributed by atoms with Gasteiger partial charge in [0.15, 0.2) is 0 Å². The summed E-state index contributed by atoms with van der Waals surface area (Å²) in [5.41, 5.74) is 0.752. The molecule has 1 amide bonds. The van der Waals surface area contributed by atoms with Crippen molar-refractivity contribution < 1.29 is 27.9 Å². The van der Waals surface area contributed by atoms with Crippen LogP contribution in [0.4, 0.5) is 13.2 Å². The van der Waals surface area contributed by atoms with Crippen molar-refractivity contribution in [2.24, 2.45) is 11.3 Å². The van der Waals surface area contributed by atoms with Gasteiger partial charge in [-0.1, -0.05) is 0 Å². The largest absolute Gasteiger partial charge is 0.490 e. The summed E-state index contributed by atoms with van der Waals surface area (Å²) >= 11 is 0. The highest BCUT2D eigenvalue weighted by Gasteiger charge is 2.48. The van der Waals surface area contributed by atoms with E-state index in [1.807, 2.05) is 0 Å². The van der Waals surface area contributed by atoms with E-state index in [0.717, 1.165) is 44.8 Å². The molecule has 0 unspecified atom stereocenters. The van der Waals surface area contributed by atoms with Gasteiger partial charge in [-0.05, 0) is 83.3 Å². The summed E-state index contributed by atoms with van der Waals surface area (Å²) in [6, 6.07) is 0.799. The van der Waals surface area contributed by atoms with Crippen molar-refractivity contribution in [2.75, 3.05) is 26.2 Å². The van der Waals surface area contributed by atoms with Gasteiger partial charge in [-0.2, -0.15) is 13.2 Å². The second-order valence-electron chi connectivity index (χ2n) is 9.51. The van der Waals surface area contributed by atoms with Crippen molar-refractivity contribution in [3.05, 3.63) is 0 Å². The number of likely N-dealkylation sites (tertiary alicyclic amines) is 1. The second-order valence-corrected chi connectivity index (χ2v) is 9.51. The maximum absolute atomic E-state index is 12.4. The summed E-state index contributed by atoms with van der Waals surface area (Å²) in [4.78, 5) is 24.0. The number of carboxylic acid groups (broad SMARTS) is 1. The van der Waals surface area contributed by atoms with E-state index in [1.54, 1.807) is 0 Å². The highest BCUT2D eigenvalue weighted by atomic mass is 19.4. The number of nitrogens with zero attached hydrogens (tertiary/aromatic N) is 1. The molecule has 0 aromatic heterocycles. The maximum Gasteiger partial charge on any atom is 0.490 e. The number of piperidine rings is 1. The zero-order valence-corrected chi connectivity index (χ0v) is 17.0. The van der Waals surface area contributed by atoms with Crippen molar-refractivity contribution in [3.63, 3.8) is 0 Å². The SMILES string of the molecule is CC1(NC(=O)C2CCN(C3CC4(CCNC4)C3)CC2)CCC1.O=C(O)C(F)(F)F. The van der Waals surface area contributed by atoms with E-state index in [1.165, 1.54) is 38.8 Å². The van der Waals surface area contributed by atoms with Crippen LogP contribution in [0.2, 0.25) is 0 Å². The number of alkyl halides is 3. The lowest BCUT2D eigenvalue weighted by Crippen LogP contribution is -2.56. The van der Waals surface area contributed by atoms with Crippen molar-refractivity contribution in [1.29, 1.82) is 0 Å². The number of hydrogen-bond acceptors (Lipinski definition) is 4. The van der Waals surface area contributed by atoms with Crippen molar-refractivity contribution in [3.8, 4) is 0 Å². The van der Waals surface area contributed by atoms with Crippen LogP contribution < -0.4 is 10.6 Å². The molecular formula is C20H32F3N3O3. The Morgan fingerprint density at radius 2 is 1.72 bits per heavy atom. The lowest BCUT2D eigenvalue weighted by atomic mass is 9.64. The van der Waals surface area contributed by atoms with Gasteiger partial charge in [0.25, 0.3) is 0 Å². The average molecular weight is 419 g/mol. The Balaban J connectivity index is 0.000000298. The van der Waals surface area contributed by atoms with Gasteiger partial charge in [0.1, 0.15) is 0 Å². The van der Waals surface area contributed by atoms with Crippen molar-refractivity contribution in [1.82, 2.24) is 15.5 Å². The summed E-state index contributed by atoms with van der Waals surface area (Å²) in [5, 5.41) is 14.0. The summed E-state index contributed by atoms with van der Waals surface area (Å²) in [7, 11) is 0. The standard InChI is InChI=1S/C18H31N3O.C2HF3O2/c1-17(5-2-6-17)20-16(22)14-3-9-21(10-4-14)15-11-18(12-15)7-8-19-13-18;3-2(4,5)1(6)7/h14-15,19H,2-13H2,1H3,(H,20,22);(H,6,7). The van der Waals surface area contributed by atoms with Crippen molar-refractivity contribution in [2.45, 2.75) is 76.0 Å². The van der Waals surface area contributed by atoms with Gasteiger partial charge in [-0.3, -0.25) is 4.79 Å². The lowest BCUT2D eigenvalue weighted by Gasteiger charge is -2.51. The van der Waals surface area contributed by atoms with Crippen LogP contribution in [0.5, 0.6) is 0 Å². The average Bonchev–Trinajstić information content (AvgIpc) is 3.09. The van der Waals surface area contributed by atoms with Gasteiger partial charge in [0, 0.05) is 24.0 Å². The third-order valence-electron chi connectivity index (χ3n) is 7.21. The van der Waals surface area contributed by atoms with Crippen molar-refractivity contribution >= 4 is 11.9 Å². The van der Waals surface area contributed by atoms with Crippen LogP contribution in [0.1, 0.15) is 58.3 Å². The first-order chi connectivity index (χ1) is 13.5. The molecule has 2 heterocycles. The molecule has 2 saturated heterocycles. The molecular weight excluding hydrogens is 387 g/mol. The third kappa shape index (κ3) is 5.42. The number of hydrogen-bond donors (Lipinski definition) is 3. The zero-order chi connectivity index (χ0) is 21.3. The Bertz CT molecular complexity index is 600. The molecule has 0 atom stereocenters. The van der Waals surface area contributed by atoms with E-state index in [4.69, 9.17) is 9.90 Å². The van der Waals surface area contributed by atoms with E-state index in [2.05, 4.69) is 22.5 Å². The number of carbonyl (C=O) groups excluding carboxylic acids is 1. The van der Waals surface area contributed by atoms with E-state index < -0.39 is 12.1 Å². The van der Waals surface area contributed by atoms with E-state index >= 15 is 0 Å². The Hall–Kier alpha value is -1.35. The van der Waals surface area contributed by atoms with E-state index in [9.17, 15) is 18.0 Å². The quantitative estimate of drug-likeness (QED) is 0.655. The molecule has 0 aromatic rings. The number of carbonyl (C=O) groups is 2. The van der Waals surface area contributed by atoms with E-state index in [-0.39, 0.29) is 11.5 Å². The van der Waals surface area contributed by atoms with Gasteiger partial charge < -0.3 is 20.6 Å². The number of halogens is 3. The normalized spacial score (nSPS) is 31.9. The summed E-state index contributed by atoms with van der Waals surface area (Å²) in [6.07, 6.45) is 4.78. The molecule has 2 aliphatic heterocycles. The first kappa shape index (κ1) is 22.3. The Morgan fingerprint density at radius 3 is 2.14 bits per heavy atom. The van der Waals surface area contributed by atoms with Crippen LogP contribution in [0.15, 0.2) is 0 Å². The molecule has 0 bridgehead atoms. The molecule has 3 N–H and O–H groups in total. The fourth-order valence-corrected chi connectivity index (χ4v) is 5.10. The molecule has 6 nitrogen and oxygen atoms in total. The molecule has 4 rings (SSSR count). The Labute approximate surface area is 169 Å². The van der Waals surface area contributed by atoms with Gasteiger partial charge in [-0.25, -0.2) is 4.79 Å². The first-order valence-electron chi connectivity index (χ1n) is 10.6. The van der Waals surface area contributed by atoms with Gasteiger partial charge >= 0.3 is 12.1 Å². The molecule has 2 aliphatic carbocycles. The Kier molecular flexibility index (Phi) is 6.48.